The summed E-state index contributed by atoms with van der Waals surface area (Å²) in [6.07, 6.45) is -1.49. The molecule has 5 nitrogen and oxygen atoms in total. The number of amides is 1. The van der Waals surface area contributed by atoms with Crippen molar-refractivity contribution >= 4 is 48.1 Å². The minimum absolute atomic E-state index is 0. The van der Waals surface area contributed by atoms with E-state index in [0.717, 1.165) is 18.9 Å². The zero-order valence-corrected chi connectivity index (χ0v) is 15.5. The maximum Gasteiger partial charge on any atom is 0.417 e. The van der Waals surface area contributed by atoms with Crippen molar-refractivity contribution in [3.05, 3.63) is 22.8 Å². The predicted octanol–water partition coefficient (Wildman–Crippen LogP) is 3.25. The molecule has 1 fully saturated rings. The third kappa shape index (κ3) is 7.43. The van der Waals surface area contributed by atoms with Gasteiger partial charge in [-0.05, 0) is 24.8 Å². The number of aromatic nitrogens is 1. The molecule has 2 rings (SSSR count). The summed E-state index contributed by atoms with van der Waals surface area (Å²) in [4.78, 5) is 15.4. The summed E-state index contributed by atoms with van der Waals surface area (Å²) < 4.78 is 37.5. The van der Waals surface area contributed by atoms with Crippen molar-refractivity contribution in [2.45, 2.75) is 31.5 Å². The van der Waals surface area contributed by atoms with Gasteiger partial charge in [-0.3, -0.25) is 4.79 Å². The van der Waals surface area contributed by atoms with Gasteiger partial charge < -0.3 is 16.4 Å². The molecule has 0 spiro atoms. The number of nitrogens with one attached hydrogen (secondary N) is 2. The van der Waals surface area contributed by atoms with E-state index in [4.69, 9.17) is 17.3 Å². The highest BCUT2D eigenvalue weighted by molar-refractivity contribution is 6.32. The van der Waals surface area contributed by atoms with E-state index in [1.807, 2.05) is 0 Å². The maximum atomic E-state index is 12.5. The summed E-state index contributed by atoms with van der Waals surface area (Å²) in [7, 11) is 0. The molecule has 0 radical (unpaired) electrons. The Balaban J connectivity index is 0.00000288. The van der Waals surface area contributed by atoms with Gasteiger partial charge >= 0.3 is 6.18 Å². The summed E-state index contributed by atoms with van der Waals surface area (Å²) in [6.45, 7) is 0.613. The molecule has 1 heterocycles. The van der Waals surface area contributed by atoms with Crippen LogP contribution in [0.5, 0.6) is 0 Å². The lowest BCUT2D eigenvalue weighted by molar-refractivity contribution is -0.137. The summed E-state index contributed by atoms with van der Waals surface area (Å²) in [5, 5.41) is 5.47. The maximum absolute atomic E-state index is 12.5. The van der Waals surface area contributed by atoms with Crippen LogP contribution in [0.25, 0.3) is 0 Å². The molecule has 1 unspecified atom stereocenters. The van der Waals surface area contributed by atoms with E-state index in [-0.39, 0.29) is 60.6 Å². The summed E-state index contributed by atoms with van der Waals surface area (Å²) in [5.74, 6) is 0.413. The molecule has 1 aliphatic carbocycles. The summed E-state index contributed by atoms with van der Waals surface area (Å²) in [5.41, 5.74) is 4.69. The monoisotopic (exact) mass is 422 g/mol. The number of hydrogen-bond donors (Lipinski definition) is 3. The zero-order chi connectivity index (χ0) is 17.0. The lowest BCUT2D eigenvalue weighted by Gasteiger charge is -2.16. The summed E-state index contributed by atoms with van der Waals surface area (Å²) in [6, 6.07) is 0.796. The Morgan fingerprint density at radius 2 is 2.04 bits per heavy atom. The van der Waals surface area contributed by atoms with Crippen LogP contribution in [0.4, 0.5) is 19.0 Å². The standard InChI is InChI=1S/C14H18ClF3N4O.2ClH/c15-10-5-9(14(16,17)18)7-21-13(10)20-4-3-12(23)22-11(6-19)8-1-2-8;;/h5,7-8,11H,1-4,6,19H2,(H,20,21)(H,22,23);2*1H. The van der Waals surface area contributed by atoms with Crippen molar-refractivity contribution < 1.29 is 18.0 Å². The van der Waals surface area contributed by atoms with Crippen LogP contribution in [0.2, 0.25) is 5.02 Å². The first-order chi connectivity index (χ1) is 10.8. The molecule has 1 saturated carbocycles. The Hall–Kier alpha value is -0.960. The van der Waals surface area contributed by atoms with E-state index in [9.17, 15) is 18.0 Å². The first-order valence-electron chi connectivity index (χ1n) is 7.27. The SMILES string of the molecule is Cl.Cl.NCC(NC(=O)CCNc1ncc(C(F)(F)F)cc1Cl)C1CC1. The largest absolute Gasteiger partial charge is 0.417 e. The molecule has 4 N–H and O–H groups in total. The van der Waals surface area contributed by atoms with Crippen LogP contribution in [0.15, 0.2) is 12.3 Å². The minimum atomic E-state index is -4.49. The predicted molar refractivity (Wildman–Crippen MR) is 95.6 cm³/mol. The van der Waals surface area contributed by atoms with E-state index in [1.165, 1.54) is 0 Å². The van der Waals surface area contributed by atoms with Crippen molar-refractivity contribution in [2.75, 3.05) is 18.4 Å². The van der Waals surface area contributed by atoms with Crippen molar-refractivity contribution in [3.63, 3.8) is 0 Å². The highest BCUT2D eigenvalue weighted by atomic mass is 35.5. The van der Waals surface area contributed by atoms with E-state index in [1.54, 1.807) is 0 Å². The third-order valence-corrected chi connectivity index (χ3v) is 3.89. The van der Waals surface area contributed by atoms with Crippen LogP contribution in [0.3, 0.4) is 0 Å². The van der Waals surface area contributed by atoms with Crippen molar-refractivity contribution in [2.24, 2.45) is 11.7 Å². The smallest absolute Gasteiger partial charge is 0.368 e. The van der Waals surface area contributed by atoms with E-state index >= 15 is 0 Å². The fraction of sp³-hybridized carbons (Fsp3) is 0.571. The fourth-order valence-corrected chi connectivity index (χ4v) is 2.40. The Kier molecular flexibility index (Phi) is 9.86. The van der Waals surface area contributed by atoms with Gasteiger partial charge in [0.15, 0.2) is 0 Å². The number of nitrogens with two attached hydrogens (primary N) is 1. The van der Waals surface area contributed by atoms with Crippen LogP contribution in [0, 0.1) is 5.92 Å². The van der Waals surface area contributed by atoms with Gasteiger partial charge in [0.2, 0.25) is 5.91 Å². The number of halogens is 6. The van der Waals surface area contributed by atoms with Crippen LogP contribution in [-0.2, 0) is 11.0 Å². The minimum Gasteiger partial charge on any atom is -0.368 e. The van der Waals surface area contributed by atoms with Gasteiger partial charge in [-0.1, -0.05) is 11.6 Å². The Labute approximate surface area is 161 Å². The normalized spacial score (nSPS) is 14.8. The van der Waals surface area contributed by atoms with Gasteiger partial charge in [0.25, 0.3) is 0 Å². The number of alkyl halides is 3. The number of nitrogens with zero attached hydrogens (tertiary/aromatic N) is 1. The van der Waals surface area contributed by atoms with E-state index in [2.05, 4.69) is 15.6 Å². The zero-order valence-electron chi connectivity index (χ0n) is 13.1. The lowest BCUT2D eigenvalue weighted by Crippen LogP contribution is -2.42. The summed E-state index contributed by atoms with van der Waals surface area (Å²) >= 11 is 5.77. The van der Waals surface area contributed by atoms with Crippen LogP contribution in [0.1, 0.15) is 24.8 Å². The molecule has 11 heteroatoms. The second-order valence-electron chi connectivity index (χ2n) is 5.48. The molecule has 1 amide bonds. The number of rotatable bonds is 7. The molecule has 1 aromatic rings. The average Bonchev–Trinajstić information content (AvgIpc) is 3.30. The second-order valence-corrected chi connectivity index (χ2v) is 5.88. The fourth-order valence-electron chi connectivity index (χ4n) is 2.16. The molecule has 0 bridgehead atoms. The van der Waals surface area contributed by atoms with E-state index < -0.39 is 11.7 Å². The topological polar surface area (TPSA) is 80.0 Å². The molecular weight excluding hydrogens is 404 g/mol. The first kappa shape index (κ1) is 24.0. The highest BCUT2D eigenvalue weighted by Crippen LogP contribution is 2.33. The third-order valence-electron chi connectivity index (χ3n) is 3.60. The number of carbonyl (C=O) groups is 1. The second kappa shape index (κ2) is 10.3. The van der Waals surface area contributed by atoms with Crippen molar-refractivity contribution in [1.82, 2.24) is 10.3 Å². The van der Waals surface area contributed by atoms with Gasteiger partial charge in [0.1, 0.15) is 5.82 Å². The number of pyridine rings is 1. The molecule has 0 saturated heterocycles. The van der Waals surface area contributed by atoms with Gasteiger partial charge in [0.05, 0.1) is 10.6 Å². The van der Waals surface area contributed by atoms with Gasteiger partial charge in [-0.25, -0.2) is 4.98 Å². The molecule has 144 valence electrons. The lowest BCUT2D eigenvalue weighted by atomic mass is 10.2. The quantitative estimate of drug-likeness (QED) is 0.629. The molecular formula is C14H20Cl3F3N4O. The molecule has 25 heavy (non-hydrogen) atoms. The number of carbonyl (C=O) groups excluding carboxylic acids is 1. The van der Waals surface area contributed by atoms with E-state index in [0.29, 0.717) is 18.7 Å². The van der Waals surface area contributed by atoms with Gasteiger partial charge in [-0.15, -0.1) is 24.8 Å². The Bertz CT molecular complexity index is 571. The van der Waals surface area contributed by atoms with Crippen LogP contribution in [-0.4, -0.2) is 30.0 Å². The Morgan fingerprint density at radius 1 is 1.40 bits per heavy atom. The number of anilines is 1. The van der Waals surface area contributed by atoms with Crippen LogP contribution >= 0.6 is 36.4 Å². The molecule has 1 aromatic heterocycles. The van der Waals surface area contributed by atoms with Gasteiger partial charge in [0, 0.05) is 31.7 Å². The molecule has 1 atom stereocenters. The first-order valence-corrected chi connectivity index (χ1v) is 7.65. The molecule has 0 aromatic carbocycles. The van der Waals surface area contributed by atoms with Crippen molar-refractivity contribution in [1.29, 1.82) is 0 Å². The average molecular weight is 424 g/mol. The highest BCUT2D eigenvalue weighted by Gasteiger charge is 2.32. The molecule has 1 aliphatic rings. The number of hydrogen-bond acceptors (Lipinski definition) is 4. The van der Waals surface area contributed by atoms with Crippen molar-refractivity contribution in [3.8, 4) is 0 Å². The van der Waals surface area contributed by atoms with Crippen LogP contribution < -0.4 is 16.4 Å². The molecule has 0 aliphatic heterocycles. The van der Waals surface area contributed by atoms with Gasteiger partial charge in [-0.2, -0.15) is 13.2 Å². The Morgan fingerprint density at radius 3 is 2.52 bits per heavy atom.